The Morgan fingerprint density at radius 3 is 2.50 bits per heavy atom. The van der Waals surface area contributed by atoms with Crippen molar-refractivity contribution in [2.45, 2.75) is 13.0 Å². The molecule has 0 radical (unpaired) electrons. The van der Waals surface area contributed by atoms with E-state index in [4.69, 9.17) is 16.0 Å². The zero-order chi connectivity index (χ0) is 11.5. The van der Waals surface area contributed by atoms with E-state index in [1.807, 2.05) is 50.4 Å². The molecule has 3 heteroatoms. The molecule has 0 aliphatic heterocycles. The average Bonchev–Trinajstić information content (AvgIpc) is 2.69. The first kappa shape index (κ1) is 11.2. The SMILES string of the molecule is CNC(c1ccc(C)o1)c1ccccc1Cl. The minimum atomic E-state index is 0.00222. The summed E-state index contributed by atoms with van der Waals surface area (Å²) < 4.78 is 5.62. The van der Waals surface area contributed by atoms with Crippen LogP contribution in [0.4, 0.5) is 0 Å². The average molecular weight is 236 g/mol. The normalized spacial score (nSPS) is 12.7. The predicted molar refractivity (Wildman–Crippen MR) is 65.8 cm³/mol. The number of aryl methyl sites for hydroxylation is 1. The maximum Gasteiger partial charge on any atom is 0.125 e. The first-order valence-electron chi connectivity index (χ1n) is 5.20. The molecular formula is C13H14ClNO. The quantitative estimate of drug-likeness (QED) is 0.880. The topological polar surface area (TPSA) is 25.2 Å². The van der Waals surface area contributed by atoms with Gasteiger partial charge in [0.1, 0.15) is 11.5 Å². The van der Waals surface area contributed by atoms with E-state index in [2.05, 4.69) is 5.32 Å². The molecule has 1 aromatic carbocycles. The molecule has 0 saturated carbocycles. The maximum absolute atomic E-state index is 6.17. The summed E-state index contributed by atoms with van der Waals surface area (Å²) in [5.41, 5.74) is 1.03. The Hall–Kier alpha value is -1.25. The molecule has 1 atom stereocenters. The van der Waals surface area contributed by atoms with Crippen LogP contribution in [-0.2, 0) is 0 Å². The van der Waals surface area contributed by atoms with Gasteiger partial charge < -0.3 is 9.73 Å². The molecule has 16 heavy (non-hydrogen) atoms. The van der Waals surface area contributed by atoms with E-state index in [0.717, 1.165) is 22.1 Å². The molecule has 2 aromatic rings. The Labute approximate surface area is 100 Å². The van der Waals surface area contributed by atoms with Crippen LogP contribution in [0.5, 0.6) is 0 Å². The molecule has 0 fully saturated rings. The molecule has 0 aliphatic carbocycles. The van der Waals surface area contributed by atoms with Crippen molar-refractivity contribution in [3.05, 3.63) is 58.5 Å². The molecule has 1 heterocycles. The molecule has 0 bridgehead atoms. The minimum absolute atomic E-state index is 0.00222. The van der Waals surface area contributed by atoms with Crippen molar-refractivity contribution in [3.63, 3.8) is 0 Å². The lowest BCUT2D eigenvalue weighted by atomic mass is 10.1. The van der Waals surface area contributed by atoms with Crippen LogP contribution in [0.25, 0.3) is 0 Å². The number of nitrogens with one attached hydrogen (secondary N) is 1. The van der Waals surface area contributed by atoms with Gasteiger partial charge in [-0.3, -0.25) is 0 Å². The van der Waals surface area contributed by atoms with Gasteiger partial charge in [0, 0.05) is 5.02 Å². The monoisotopic (exact) mass is 235 g/mol. The van der Waals surface area contributed by atoms with Gasteiger partial charge in [0.2, 0.25) is 0 Å². The van der Waals surface area contributed by atoms with E-state index < -0.39 is 0 Å². The molecule has 1 N–H and O–H groups in total. The Kier molecular flexibility index (Phi) is 3.32. The van der Waals surface area contributed by atoms with Gasteiger partial charge in [-0.1, -0.05) is 29.8 Å². The molecule has 2 nitrogen and oxygen atoms in total. The number of furan rings is 1. The van der Waals surface area contributed by atoms with E-state index in [1.165, 1.54) is 0 Å². The number of benzene rings is 1. The standard InChI is InChI=1S/C13H14ClNO/c1-9-7-8-12(16-9)13(15-2)10-5-3-4-6-11(10)14/h3-8,13,15H,1-2H3. The summed E-state index contributed by atoms with van der Waals surface area (Å²) in [5.74, 6) is 1.79. The lowest BCUT2D eigenvalue weighted by molar-refractivity contribution is 0.444. The predicted octanol–water partition coefficient (Wildman–Crippen LogP) is 3.55. The second-order valence-electron chi connectivity index (χ2n) is 3.69. The van der Waals surface area contributed by atoms with Crippen LogP contribution in [0.15, 0.2) is 40.8 Å². The smallest absolute Gasteiger partial charge is 0.125 e. The van der Waals surface area contributed by atoms with Crippen LogP contribution >= 0.6 is 11.6 Å². The lowest BCUT2D eigenvalue weighted by Crippen LogP contribution is -2.17. The van der Waals surface area contributed by atoms with Gasteiger partial charge in [-0.15, -0.1) is 0 Å². The summed E-state index contributed by atoms with van der Waals surface area (Å²) >= 11 is 6.17. The highest BCUT2D eigenvalue weighted by Crippen LogP contribution is 2.28. The maximum atomic E-state index is 6.17. The summed E-state index contributed by atoms with van der Waals surface area (Å²) in [6.45, 7) is 1.93. The highest BCUT2D eigenvalue weighted by molar-refractivity contribution is 6.31. The molecule has 2 rings (SSSR count). The van der Waals surface area contributed by atoms with Crippen molar-refractivity contribution in [1.29, 1.82) is 0 Å². The van der Waals surface area contributed by atoms with E-state index in [0.29, 0.717) is 0 Å². The van der Waals surface area contributed by atoms with Gasteiger partial charge in [-0.2, -0.15) is 0 Å². The summed E-state index contributed by atoms with van der Waals surface area (Å²) in [5, 5.41) is 3.96. The molecule has 1 aromatic heterocycles. The number of hydrogen-bond donors (Lipinski definition) is 1. The van der Waals surface area contributed by atoms with Crippen LogP contribution in [0.2, 0.25) is 5.02 Å². The van der Waals surface area contributed by atoms with Crippen molar-refractivity contribution in [2.24, 2.45) is 0 Å². The Balaban J connectivity index is 2.40. The summed E-state index contributed by atoms with van der Waals surface area (Å²) in [6, 6.07) is 11.7. The summed E-state index contributed by atoms with van der Waals surface area (Å²) in [7, 11) is 1.89. The molecule has 1 unspecified atom stereocenters. The molecule has 0 spiro atoms. The fourth-order valence-corrected chi connectivity index (χ4v) is 2.01. The van der Waals surface area contributed by atoms with E-state index in [-0.39, 0.29) is 6.04 Å². The van der Waals surface area contributed by atoms with E-state index >= 15 is 0 Å². The zero-order valence-corrected chi connectivity index (χ0v) is 10.1. The Bertz CT molecular complexity index is 478. The number of rotatable bonds is 3. The third-order valence-corrected chi connectivity index (χ3v) is 2.89. The van der Waals surface area contributed by atoms with Gasteiger partial charge in [0.05, 0.1) is 6.04 Å². The van der Waals surface area contributed by atoms with Crippen LogP contribution in [0.1, 0.15) is 23.1 Å². The van der Waals surface area contributed by atoms with Gasteiger partial charge in [0.25, 0.3) is 0 Å². The molecule has 84 valence electrons. The van der Waals surface area contributed by atoms with Crippen molar-refractivity contribution < 1.29 is 4.42 Å². The second-order valence-corrected chi connectivity index (χ2v) is 4.10. The van der Waals surface area contributed by atoms with Crippen molar-refractivity contribution >= 4 is 11.6 Å². The van der Waals surface area contributed by atoms with Crippen LogP contribution in [0, 0.1) is 6.92 Å². The van der Waals surface area contributed by atoms with Gasteiger partial charge >= 0.3 is 0 Å². The third kappa shape index (κ3) is 2.13. The van der Waals surface area contributed by atoms with Gasteiger partial charge in [0.15, 0.2) is 0 Å². The summed E-state index contributed by atoms with van der Waals surface area (Å²) in [4.78, 5) is 0. The molecular weight excluding hydrogens is 222 g/mol. The van der Waals surface area contributed by atoms with Crippen molar-refractivity contribution in [3.8, 4) is 0 Å². The Morgan fingerprint density at radius 1 is 1.19 bits per heavy atom. The van der Waals surface area contributed by atoms with E-state index in [1.54, 1.807) is 0 Å². The summed E-state index contributed by atoms with van der Waals surface area (Å²) in [6.07, 6.45) is 0. The molecule has 0 amide bonds. The van der Waals surface area contributed by atoms with Crippen molar-refractivity contribution in [1.82, 2.24) is 5.32 Å². The van der Waals surface area contributed by atoms with Gasteiger partial charge in [-0.05, 0) is 37.7 Å². The molecule has 0 saturated heterocycles. The Morgan fingerprint density at radius 2 is 1.94 bits per heavy atom. The third-order valence-electron chi connectivity index (χ3n) is 2.55. The fraction of sp³-hybridized carbons (Fsp3) is 0.231. The largest absolute Gasteiger partial charge is 0.464 e. The number of halogens is 1. The van der Waals surface area contributed by atoms with Gasteiger partial charge in [-0.25, -0.2) is 0 Å². The molecule has 0 aliphatic rings. The highest BCUT2D eigenvalue weighted by Gasteiger charge is 2.17. The van der Waals surface area contributed by atoms with Crippen LogP contribution in [0.3, 0.4) is 0 Å². The highest BCUT2D eigenvalue weighted by atomic mass is 35.5. The first-order valence-corrected chi connectivity index (χ1v) is 5.58. The van der Waals surface area contributed by atoms with Crippen LogP contribution < -0.4 is 5.32 Å². The van der Waals surface area contributed by atoms with Crippen molar-refractivity contribution in [2.75, 3.05) is 7.05 Å². The fourth-order valence-electron chi connectivity index (χ4n) is 1.77. The minimum Gasteiger partial charge on any atom is -0.464 e. The number of hydrogen-bond acceptors (Lipinski definition) is 2. The lowest BCUT2D eigenvalue weighted by Gasteiger charge is -2.15. The first-order chi connectivity index (χ1) is 7.72. The van der Waals surface area contributed by atoms with Crippen LogP contribution in [-0.4, -0.2) is 7.05 Å². The second kappa shape index (κ2) is 4.73. The van der Waals surface area contributed by atoms with E-state index in [9.17, 15) is 0 Å². The zero-order valence-electron chi connectivity index (χ0n) is 9.33.